The summed E-state index contributed by atoms with van der Waals surface area (Å²) in [5.41, 5.74) is 0. The largest absolute Gasteiger partial charge is 0.468 e. The van der Waals surface area contributed by atoms with E-state index in [0.717, 1.165) is 0 Å². The first-order valence-corrected chi connectivity index (χ1v) is 7.08. The molecule has 0 fully saturated rings. The Balaban J connectivity index is 0.00000137. The zero-order valence-electron chi connectivity index (χ0n) is 10.3. The topological polar surface area (TPSA) is 64.6 Å². The molecule has 0 aliphatic heterocycles. The summed E-state index contributed by atoms with van der Waals surface area (Å²) in [5.74, 6) is 0.00411. The van der Waals surface area contributed by atoms with Gasteiger partial charge in [-0.3, -0.25) is 9.36 Å². The molecule has 0 radical (unpaired) electrons. The fraction of sp³-hybridized carbons (Fsp3) is 0.250. The summed E-state index contributed by atoms with van der Waals surface area (Å²) in [4.78, 5) is 10.8. The maximum Gasteiger partial charge on any atom is 0.320 e. The number of methoxy groups -OCH3 is 1. The molecule has 6 heteroatoms. The average Bonchev–Trinajstić information content (AvgIpc) is 2.39. The summed E-state index contributed by atoms with van der Waals surface area (Å²) < 4.78 is 21.5. The van der Waals surface area contributed by atoms with E-state index in [1.165, 1.54) is 13.8 Å². The molecule has 0 spiro atoms. The van der Waals surface area contributed by atoms with Crippen molar-refractivity contribution in [3.8, 4) is 18.6 Å². The SMILES string of the molecule is C#C.COC(=O)CNP(C)(=O)Oc1ccccc1. The minimum Gasteiger partial charge on any atom is -0.468 e. The summed E-state index contributed by atoms with van der Waals surface area (Å²) in [5, 5.41) is 2.52. The molecular weight excluding hydrogens is 253 g/mol. The molecular formula is C12H16NO4P. The van der Waals surface area contributed by atoms with Crippen LogP contribution in [0.15, 0.2) is 30.3 Å². The van der Waals surface area contributed by atoms with Gasteiger partial charge in [0.2, 0.25) is 0 Å². The van der Waals surface area contributed by atoms with Crippen molar-refractivity contribution >= 4 is 13.5 Å². The summed E-state index contributed by atoms with van der Waals surface area (Å²) in [6.45, 7) is 1.26. The van der Waals surface area contributed by atoms with E-state index < -0.39 is 13.5 Å². The van der Waals surface area contributed by atoms with Gasteiger partial charge in [-0.1, -0.05) is 18.2 Å². The monoisotopic (exact) mass is 269 g/mol. The van der Waals surface area contributed by atoms with Gasteiger partial charge in [0.1, 0.15) is 12.3 Å². The fourth-order valence-electron chi connectivity index (χ4n) is 0.995. The number of esters is 1. The van der Waals surface area contributed by atoms with Crippen LogP contribution in [0.4, 0.5) is 0 Å². The fourth-order valence-corrected chi connectivity index (χ4v) is 2.00. The molecule has 1 atom stereocenters. The molecule has 5 nitrogen and oxygen atoms in total. The van der Waals surface area contributed by atoms with Crippen molar-refractivity contribution < 1.29 is 18.6 Å². The molecule has 1 N–H and O–H groups in total. The van der Waals surface area contributed by atoms with Gasteiger partial charge in [0, 0.05) is 6.66 Å². The Kier molecular flexibility index (Phi) is 7.53. The molecule has 0 heterocycles. The van der Waals surface area contributed by atoms with Crippen molar-refractivity contribution in [1.29, 1.82) is 0 Å². The highest BCUT2D eigenvalue weighted by Gasteiger charge is 2.18. The van der Waals surface area contributed by atoms with Crippen molar-refractivity contribution in [1.82, 2.24) is 5.09 Å². The van der Waals surface area contributed by atoms with Crippen molar-refractivity contribution in [2.45, 2.75) is 0 Å². The van der Waals surface area contributed by atoms with Crippen LogP contribution >= 0.6 is 7.52 Å². The van der Waals surface area contributed by atoms with Crippen LogP contribution in [0.25, 0.3) is 0 Å². The second-order valence-electron chi connectivity index (χ2n) is 3.16. The molecule has 1 rings (SSSR count). The van der Waals surface area contributed by atoms with Crippen molar-refractivity contribution in [2.24, 2.45) is 0 Å². The molecule has 0 saturated heterocycles. The number of rotatable bonds is 5. The standard InChI is InChI=1S/C10H14NO4P.C2H2/c1-14-10(12)8-11-16(2,13)15-9-6-4-3-5-7-9;1-2/h3-7H,8H2,1-2H3,(H,11,13);1-2H. The van der Waals surface area contributed by atoms with E-state index in [1.807, 2.05) is 6.07 Å². The molecule has 1 aromatic carbocycles. The highest BCUT2D eigenvalue weighted by Crippen LogP contribution is 2.38. The predicted molar refractivity (Wildman–Crippen MR) is 70.5 cm³/mol. The molecule has 0 aliphatic carbocycles. The van der Waals surface area contributed by atoms with Gasteiger partial charge in [0.25, 0.3) is 0 Å². The Morgan fingerprint density at radius 2 is 1.89 bits per heavy atom. The molecule has 0 amide bonds. The van der Waals surface area contributed by atoms with Gasteiger partial charge in [-0.05, 0) is 12.1 Å². The predicted octanol–water partition coefficient (Wildman–Crippen LogP) is 1.90. The lowest BCUT2D eigenvalue weighted by Gasteiger charge is -2.15. The zero-order chi connectivity index (χ0) is 14.0. The molecule has 0 bridgehead atoms. The average molecular weight is 269 g/mol. The van der Waals surface area contributed by atoms with Crippen LogP contribution < -0.4 is 9.61 Å². The molecule has 18 heavy (non-hydrogen) atoms. The third-order valence-electron chi connectivity index (χ3n) is 1.76. The number of terminal acetylenes is 1. The van der Waals surface area contributed by atoms with E-state index in [9.17, 15) is 9.36 Å². The maximum atomic E-state index is 11.9. The third-order valence-corrected chi connectivity index (χ3v) is 3.05. The van der Waals surface area contributed by atoms with E-state index in [4.69, 9.17) is 4.52 Å². The first-order chi connectivity index (χ1) is 8.53. The molecule has 0 saturated carbocycles. The molecule has 98 valence electrons. The van der Waals surface area contributed by atoms with E-state index in [-0.39, 0.29) is 6.54 Å². The summed E-state index contributed by atoms with van der Waals surface area (Å²) in [6.07, 6.45) is 8.00. The number of hydrogen-bond donors (Lipinski definition) is 1. The van der Waals surface area contributed by atoms with E-state index >= 15 is 0 Å². The van der Waals surface area contributed by atoms with Crippen molar-refractivity contribution in [2.75, 3.05) is 20.3 Å². The van der Waals surface area contributed by atoms with Crippen LogP contribution in [0.2, 0.25) is 0 Å². The van der Waals surface area contributed by atoms with E-state index in [1.54, 1.807) is 24.3 Å². The van der Waals surface area contributed by atoms with E-state index in [0.29, 0.717) is 5.75 Å². The third kappa shape index (κ3) is 6.74. The van der Waals surface area contributed by atoms with Crippen LogP contribution in [0.3, 0.4) is 0 Å². The first-order valence-electron chi connectivity index (χ1n) is 5.01. The Bertz CT molecular complexity index is 430. The molecule has 0 aromatic heterocycles. The van der Waals surface area contributed by atoms with Crippen molar-refractivity contribution in [3.63, 3.8) is 0 Å². The highest BCUT2D eigenvalue weighted by atomic mass is 31.2. The van der Waals surface area contributed by atoms with Gasteiger partial charge in [-0.2, -0.15) is 0 Å². The Morgan fingerprint density at radius 3 is 2.39 bits per heavy atom. The highest BCUT2D eigenvalue weighted by molar-refractivity contribution is 7.56. The molecule has 1 unspecified atom stereocenters. The van der Waals surface area contributed by atoms with Gasteiger partial charge in [-0.25, -0.2) is 5.09 Å². The molecule has 0 aliphatic rings. The lowest BCUT2D eigenvalue weighted by Crippen LogP contribution is -2.23. The van der Waals surface area contributed by atoms with Gasteiger partial charge in [-0.15, -0.1) is 12.8 Å². The lowest BCUT2D eigenvalue weighted by molar-refractivity contribution is -0.139. The van der Waals surface area contributed by atoms with Crippen LogP contribution in [-0.2, 0) is 14.1 Å². The summed E-state index contributed by atoms with van der Waals surface area (Å²) in [7, 11) is -1.77. The van der Waals surface area contributed by atoms with Gasteiger partial charge in [0.05, 0.1) is 7.11 Å². The quantitative estimate of drug-likeness (QED) is 0.502. The van der Waals surface area contributed by atoms with Crippen LogP contribution in [0.5, 0.6) is 5.75 Å². The first kappa shape index (κ1) is 16.2. The smallest absolute Gasteiger partial charge is 0.320 e. The number of nitrogens with one attached hydrogen (secondary N) is 1. The number of carbonyl (C=O) groups excluding carboxylic acids is 1. The molecule has 1 aromatic rings. The Labute approximate surface area is 107 Å². The van der Waals surface area contributed by atoms with Crippen LogP contribution in [-0.4, -0.2) is 26.3 Å². The van der Waals surface area contributed by atoms with Crippen LogP contribution in [0.1, 0.15) is 0 Å². The Morgan fingerprint density at radius 1 is 1.33 bits per heavy atom. The van der Waals surface area contributed by atoms with Gasteiger partial charge < -0.3 is 9.26 Å². The van der Waals surface area contributed by atoms with Gasteiger partial charge in [0.15, 0.2) is 0 Å². The van der Waals surface area contributed by atoms with E-state index in [2.05, 4.69) is 22.7 Å². The number of benzene rings is 1. The number of para-hydroxylation sites is 1. The minimum absolute atomic E-state index is 0.142. The van der Waals surface area contributed by atoms with Crippen molar-refractivity contribution in [3.05, 3.63) is 30.3 Å². The van der Waals surface area contributed by atoms with Crippen LogP contribution in [0, 0.1) is 12.8 Å². The Hall–Kier alpha value is -1.76. The second kappa shape index (κ2) is 8.35. The summed E-state index contributed by atoms with van der Waals surface area (Å²) >= 11 is 0. The number of hydrogen-bond acceptors (Lipinski definition) is 4. The normalized spacial score (nSPS) is 12.4. The second-order valence-corrected chi connectivity index (χ2v) is 5.35. The maximum absolute atomic E-state index is 11.9. The van der Waals surface area contributed by atoms with Gasteiger partial charge >= 0.3 is 13.5 Å². The lowest BCUT2D eigenvalue weighted by atomic mass is 10.3. The summed E-state index contributed by atoms with van der Waals surface area (Å²) in [6, 6.07) is 8.76. The number of carbonyl (C=O) groups is 1. The minimum atomic E-state index is -3.03. The zero-order valence-corrected chi connectivity index (χ0v) is 11.2. The number of ether oxygens (including phenoxy) is 1.